The molecule has 1 aliphatic heterocycles. The number of hydrogen-bond donors (Lipinski definition) is 0. The summed E-state index contributed by atoms with van der Waals surface area (Å²) in [6.45, 7) is 2.65. The van der Waals surface area contributed by atoms with E-state index in [1.165, 1.54) is 29.1 Å². The third-order valence-electron chi connectivity index (χ3n) is 2.45. The van der Waals surface area contributed by atoms with Crippen LogP contribution >= 0.6 is 0 Å². The standard InChI is InChI=1S/C8H16O2Si/c1-6-7(3-2-4-11)5-10-8(6)9/h6-7H,2-5H2,1,11H3. The molecule has 0 aromatic rings. The van der Waals surface area contributed by atoms with E-state index in [9.17, 15) is 4.79 Å². The van der Waals surface area contributed by atoms with Gasteiger partial charge in [0.25, 0.3) is 0 Å². The molecule has 0 aliphatic carbocycles. The number of rotatable bonds is 3. The maximum atomic E-state index is 10.9. The number of ether oxygens (including phenoxy) is 1. The molecule has 0 amide bonds. The Morgan fingerprint density at radius 2 is 2.45 bits per heavy atom. The topological polar surface area (TPSA) is 26.3 Å². The fourth-order valence-corrected chi connectivity index (χ4v) is 1.87. The number of carbonyl (C=O) groups is 1. The van der Waals surface area contributed by atoms with E-state index in [4.69, 9.17) is 4.74 Å². The van der Waals surface area contributed by atoms with Crippen LogP contribution in [0.15, 0.2) is 0 Å². The second-order valence-corrected chi connectivity index (χ2v) is 4.32. The number of hydrogen-bond acceptors (Lipinski definition) is 2. The number of esters is 1. The van der Waals surface area contributed by atoms with Crippen molar-refractivity contribution in [2.75, 3.05) is 6.61 Å². The molecule has 0 bridgehead atoms. The summed E-state index contributed by atoms with van der Waals surface area (Å²) in [5.74, 6) is 0.669. The van der Waals surface area contributed by atoms with Crippen molar-refractivity contribution >= 4 is 16.2 Å². The Bertz CT molecular complexity index is 147. The second-order valence-electron chi connectivity index (χ2n) is 3.32. The first-order valence-electron chi connectivity index (χ1n) is 4.42. The van der Waals surface area contributed by atoms with Crippen molar-refractivity contribution in [1.82, 2.24) is 0 Å². The van der Waals surface area contributed by atoms with Crippen LogP contribution in [-0.2, 0) is 9.53 Å². The molecule has 0 N–H and O–H groups in total. The second kappa shape index (κ2) is 3.90. The smallest absolute Gasteiger partial charge is 0.309 e. The normalized spacial score (nSPS) is 30.8. The molecule has 3 heteroatoms. The average molecular weight is 172 g/mol. The van der Waals surface area contributed by atoms with E-state index in [0.29, 0.717) is 12.5 Å². The summed E-state index contributed by atoms with van der Waals surface area (Å²) in [6, 6.07) is 1.34. The van der Waals surface area contributed by atoms with Gasteiger partial charge in [-0.2, -0.15) is 0 Å². The minimum atomic E-state index is 0.00310. The molecular weight excluding hydrogens is 156 g/mol. The summed E-state index contributed by atoms with van der Waals surface area (Å²) in [4.78, 5) is 10.9. The van der Waals surface area contributed by atoms with Crippen molar-refractivity contribution in [3.8, 4) is 0 Å². The van der Waals surface area contributed by atoms with Crippen LogP contribution in [0.4, 0.5) is 0 Å². The SMILES string of the molecule is CC1C(=O)OCC1CCC[SiH3]. The average Bonchev–Trinajstić information content (AvgIpc) is 2.31. The summed E-state index contributed by atoms with van der Waals surface area (Å²) in [5.41, 5.74) is 0. The highest BCUT2D eigenvalue weighted by atomic mass is 28.1. The van der Waals surface area contributed by atoms with E-state index < -0.39 is 0 Å². The van der Waals surface area contributed by atoms with Gasteiger partial charge in [-0.15, -0.1) is 0 Å². The van der Waals surface area contributed by atoms with Crippen molar-refractivity contribution in [3.05, 3.63) is 0 Å². The van der Waals surface area contributed by atoms with Gasteiger partial charge < -0.3 is 4.74 Å². The van der Waals surface area contributed by atoms with E-state index in [2.05, 4.69) is 0 Å². The van der Waals surface area contributed by atoms with Gasteiger partial charge in [-0.25, -0.2) is 0 Å². The Kier molecular flexibility index (Phi) is 3.11. The van der Waals surface area contributed by atoms with Gasteiger partial charge >= 0.3 is 5.97 Å². The van der Waals surface area contributed by atoms with E-state index in [1.54, 1.807) is 0 Å². The lowest BCUT2D eigenvalue weighted by Gasteiger charge is -2.08. The maximum Gasteiger partial charge on any atom is 0.309 e. The van der Waals surface area contributed by atoms with Gasteiger partial charge in [-0.3, -0.25) is 4.79 Å². The molecule has 0 spiro atoms. The van der Waals surface area contributed by atoms with Crippen LogP contribution in [0, 0.1) is 11.8 Å². The Labute approximate surface area is 70.7 Å². The highest BCUT2D eigenvalue weighted by molar-refractivity contribution is 6.08. The first kappa shape index (κ1) is 8.78. The minimum absolute atomic E-state index is 0.00310. The predicted molar refractivity (Wildman–Crippen MR) is 47.6 cm³/mol. The predicted octanol–water partition coefficient (Wildman–Crippen LogP) is 0.359. The summed E-state index contributed by atoms with van der Waals surface area (Å²) in [5, 5.41) is 0. The molecule has 0 radical (unpaired) electrons. The zero-order chi connectivity index (χ0) is 8.27. The molecule has 2 unspecified atom stereocenters. The van der Waals surface area contributed by atoms with Gasteiger partial charge in [0.15, 0.2) is 0 Å². The molecule has 2 nitrogen and oxygen atoms in total. The highest BCUT2D eigenvalue weighted by Gasteiger charge is 2.31. The van der Waals surface area contributed by atoms with Gasteiger partial charge in [-0.05, 0) is 6.42 Å². The number of cyclic esters (lactones) is 1. The van der Waals surface area contributed by atoms with Crippen molar-refractivity contribution in [1.29, 1.82) is 0 Å². The van der Waals surface area contributed by atoms with Crippen LogP contribution in [0.3, 0.4) is 0 Å². The molecule has 1 heterocycles. The fraction of sp³-hybridized carbons (Fsp3) is 0.875. The van der Waals surface area contributed by atoms with Gasteiger partial charge in [0, 0.05) is 16.2 Å². The van der Waals surface area contributed by atoms with Crippen LogP contribution in [-0.4, -0.2) is 22.8 Å². The maximum absolute atomic E-state index is 10.9. The van der Waals surface area contributed by atoms with Gasteiger partial charge in [-0.1, -0.05) is 19.4 Å². The van der Waals surface area contributed by atoms with Crippen molar-refractivity contribution < 1.29 is 9.53 Å². The lowest BCUT2D eigenvalue weighted by Crippen LogP contribution is -2.11. The monoisotopic (exact) mass is 172 g/mol. The van der Waals surface area contributed by atoms with Gasteiger partial charge in [0.1, 0.15) is 0 Å². The lowest BCUT2D eigenvalue weighted by molar-refractivity contribution is -0.140. The van der Waals surface area contributed by atoms with Gasteiger partial charge in [0.2, 0.25) is 0 Å². The summed E-state index contributed by atoms with van der Waals surface area (Å²) < 4.78 is 4.95. The van der Waals surface area contributed by atoms with Crippen LogP contribution in [0.5, 0.6) is 0 Å². The lowest BCUT2D eigenvalue weighted by atomic mass is 9.93. The Balaban J connectivity index is 2.30. The van der Waals surface area contributed by atoms with E-state index in [1.807, 2.05) is 6.92 Å². The zero-order valence-corrected chi connectivity index (χ0v) is 9.30. The quantitative estimate of drug-likeness (QED) is 0.454. The largest absolute Gasteiger partial charge is 0.465 e. The van der Waals surface area contributed by atoms with Crippen LogP contribution in [0.1, 0.15) is 19.8 Å². The van der Waals surface area contributed by atoms with E-state index in [-0.39, 0.29) is 11.9 Å². The molecule has 1 aliphatic rings. The summed E-state index contributed by atoms with van der Waals surface area (Å²) in [7, 11) is 1.28. The summed E-state index contributed by atoms with van der Waals surface area (Å²) >= 11 is 0. The molecule has 64 valence electrons. The minimum Gasteiger partial charge on any atom is -0.465 e. The molecule has 1 saturated heterocycles. The highest BCUT2D eigenvalue weighted by Crippen LogP contribution is 2.25. The number of carbonyl (C=O) groups excluding carboxylic acids is 1. The van der Waals surface area contributed by atoms with Gasteiger partial charge in [0.05, 0.1) is 12.5 Å². The Morgan fingerprint density at radius 3 is 2.91 bits per heavy atom. The van der Waals surface area contributed by atoms with Crippen molar-refractivity contribution in [3.63, 3.8) is 0 Å². The summed E-state index contributed by atoms with van der Waals surface area (Å²) in [6.07, 6.45) is 2.45. The first-order valence-corrected chi connectivity index (χ1v) is 5.83. The van der Waals surface area contributed by atoms with E-state index in [0.717, 1.165) is 0 Å². The molecule has 11 heavy (non-hydrogen) atoms. The fourth-order valence-electron chi connectivity index (χ4n) is 1.46. The molecule has 1 rings (SSSR count). The molecule has 0 aromatic carbocycles. The Morgan fingerprint density at radius 1 is 1.73 bits per heavy atom. The third kappa shape index (κ3) is 2.06. The third-order valence-corrected chi connectivity index (χ3v) is 3.15. The van der Waals surface area contributed by atoms with Crippen LogP contribution < -0.4 is 0 Å². The Hall–Kier alpha value is -0.313. The molecule has 0 saturated carbocycles. The van der Waals surface area contributed by atoms with Crippen LogP contribution in [0.25, 0.3) is 0 Å². The van der Waals surface area contributed by atoms with Crippen molar-refractivity contribution in [2.24, 2.45) is 11.8 Å². The molecular formula is C8H16O2Si. The molecule has 2 atom stereocenters. The molecule has 0 aromatic heterocycles. The van der Waals surface area contributed by atoms with Crippen LogP contribution in [0.2, 0.25) is 6.04 Å². The van der Waals surface area contributed by atoms with E-state index >= 15 is 0 Å². The van der Waals surface area contributed by atoms with Crippen molar-refractivity contribution in [2.45, 2.75) is 25.8 Å². The zero-order valence-electron chi connectivity index (χ0n) is 7.30. The first-order chi connectivity index (χ1) is 5.25. The molecule has 1 fully saturated rings.